The molecule has 2 rings (SSSR count). The van der Waals surface area contributed by atoms with Gasteiger partial charge in [-0.05, 0) is 19.1 Å². The van der Waals surface area contributed by atoms with Crippen molar-refractivity contribution >= 4 is 17.3 Å². The molecule has 3 nitrogen and oxygen atoms in total. The number of ether oxygens (including phenoxy) is 1. The number of nitrogens with one attached hydrogen (secondary N) is 1. The van der Waals surface area contributed by atoms with E-state index in [9.17, 15) is 0 Å². The third-order valence-electron chi connectivity index (χ3n) is 2.86. The lowest BCUT2D eigenvalue weighted by molar-refractivity contribution is 0.414. The molecule has 1 aliphatic rings. The molecule has 0 radical (unpaired) electrons. The molecule has 1 heterocycles. The van der Waals surface area contributed by atoms with E-state index < -0.39 is 0 Å². The number of anilines is 1. The van der Waals surface area contributed by atoms with Gasteiger partial charge in [-0.15, -0.1) is 0 Å². The molecule has 1 N–H and O–H groups in total. The highest BCUT2D eigenvalue weighted by molar-refractivity contribution is 6.33. The van der Waals surface area contributed by atoms with Crippen molar-refractivity contribution in [2.24, 2.45) is 0 Å². The minimum absolute atomic E-state index is 0.496. The number of halogens is 1. The first-order valence-corrected chi connectivity index (χ1v) is 5.90. The van der Waals surface area contributed by atoms with E-state index >= 15 is 0 Å². The summed E-state index contributed by atoms with van der Waals surface area (Å²) in [4.78, 5) is 2.30. The van der Waals surface area contributed by atoms with Gasteiger partial charge in [-0.2, -0.15) is 0 Å². The number of methoxy groups -OCH3 is 1. The average Bonchev–Trinajstić information content (AvgIpc) is 2.30. The topological polar surface area (TPSA) is 24.5 Å². The van der Waals surface area contributed by atoms with Gasteiger partial charge in [0.1, 0.15) is 5.75 Å². The maximum absolute atomic E-state index is 6.22. The normalized spacial score (nSPS) is 20.9. The predicted octanol–water partition coefficient (Wildman–Crippen LogP) is 2.15. The van der Waals surface area contributed by atoms with E-state index in [0.717, 1.165) is 36.1 Å². The van der Waals surface area contributed by atoms with E-state index in [1.54, 1.807) is 7.11 Å². The van der Waals surface area contributed by atoms with Crippen molar-refractivity contribution in [2.45, 2.75) is 13.0 Å². The molecular weight excluding hydrogens is 224 g/mol. The molecule has 1 aromatic carbocycles. The third-order valence-corrected chi connectivity index (χ3v) is 3.18. The fraction of sp³-hybridized carbons (Fsp3) is 0.500. The predicted molar refractivity (Wildman–Crippen MR) is 67.7 cm³/mol. The van der Waals surface area contributed by atoms with Gasteiger partial charge in [0.15, 0.2) is 0 Å². The number of hydrogen-bond acceptors (Lipinski definition) is 3. The lowest BCUT2D eigenvalue weighted by atomic mass is 10.2. The van der Waals surface area contributed by atoms with Crippen molar-refractivity contribution < 1.29 is 4.74 Å². The van der Waals surface area contributed by atoms with Crippen molar-refractivity contribution in [3.05, 3.63) is 23.2 Å². The largest absolute Gasteiger partial charge is 0.497 e. The van der Waals surface area contributed by atoms with Gasteiger partial charge in [0.05, 0.1) is 17.8 Å². The van der Waals surface area contributed by atoms with Gasteiger partial charge in [-0.1, -0.05) is 11.6 Å². The van der Waals surface area contributed by atoms with Crippen LogP contribution in [0.3, 0.4) is 0 Å². The molecule has 4 heteroatoms. The second-order valence-electron chi connectivity index (χ2n) is 4.12. The van der Waals surface area contributed by atoms with Crippen LogP contribution in [-0.2, 0) is 0 Å². The zero-order valence-electron chi connectivity index (χ0n) is 9.66. The van der Waals surface area contributed by atoms with Crippen molar-refractivity contribution in [1.82, 2.24) is 5.32 Å². The smallest absolute Gasteiger partial charge is 0.121 e. The molecule has 0 saturated carbocycles. The van der Waals surface area contributed by atoms with Crippen molar-refractivity contribution in [3.8, 4) is 5.75 Å². The van der Waals surface area contributed by atoms with Crippen LogP contribution in [0.25, 0.3) is 0 Å². The highest BCUT2D eigenvalue weighted by Gasteiger charge is 2.18. The first-order valence-electron chi connectivity index (χ1n) is 5.52. The van der Waals surface area contributed by atoms with Crippen LogP contribution >= 0.6 is 11.6 Å². The van der Waals surface area contributed by atoms with E-state index in [4.69, 9.17) is 16.3 Å². The van der Waals surface area contributed by atoms with Crippen LogP contribution in [0.5, 0.6) is 5.75 Å². The zero-order chi connectivity index (χ0) is 11.5. The Kier molecular flexibility index (Phi) is 3.56. The summed E-state index contributed by atoms with van der Waals surface area (Å²) in [7, 11) is 1.67. The molecule has 1 aromatic rings. The first kappa shape index (κ1) is 11.6. The maximum atomic E-state index is 6.22. The van der Waals surface area contributed by atoms with Crippen LogP contribution < -0.4 is 15.0 Å². The Bertz CT molecular complexity index is 370. The van der Waals surface area contributed by atoms with Gasteiger partial charge < -0.3 is 15.0 Å². The molecule has 0 unspecified atom stereocenters. The summed E-state index contributed by atoms with van der Waals surface area (Å²) in [6.07, 6.45) is 0. The third kappa shape index (κ3) is 2.42. The standard InChI is InChI=1S/C12H17ClN2O/c1-9-8-15(6-5-14-9)12-7-10(16-2)3-4-11(12)13/h3-4,7,9,14H,5-6,8H2,1-2H3/t9-/m1/s1. The van der Waals surface area contributed by atoms with Gasteiger partial charge in [-0.3, -0.25) is 0 Å². The van der Waals surface area contributed by atoms with E-state index in [-0.39, 0.29) is 0 Å². The molecule has 88 valence electrons. The Morgan fingerprint density at radius 1 is 1.50 bits per heavy atom. The number of rotatable bonds is 2. The fourth-order valence-corrected chi connectivity index (χ4v) is 2.25. The molecule has 0 spiro atoms. The molecular formula is C12H17ClN2O. The first-order chi connectivity index (χ1) is 7.70. The van der Waals surface area contributed by atoms with E-state index in [1.165, 1.54) is 0 Å². The Labute approximate surface area is 101 Å². The molecule has 0 aliphatic carbocycles. The minimum atomic E-state index is 0.496. The van der Waals surface area contributed by atoms with Crippen LogP contribution in [-0.4, -0.2) is 32.8 Å². The Balaban J connectivity index is 2.24. The second kappa shape index (κ2) is 4.93. The van der Waals surface area contributed by atoms with E-state index in [1.807, 2.05) is 18.2 Å². The lowest BCUT2D eigenvalue weighted by Crippen LogP contribution is -2.49. The molecule has 0 aromatic heterocycles. The van der Waals surface area contributed by atoms with Gasteiger partial charge in [0.2, 0.25) is 0 Å². The van der Waals surface area contributed by atoms with Gasteiger partial charge in [0.25, 0.3) is 0 Å². The average molecular weight is 241 g/mol. The van der Waals surface area contributed by atoms with Crippen LogP contribution in [0.1, 0.15) is 6.92 Å². The molecule has 0 amide bonds. The van der Waals surface area contributed by atoms with Gasteiger partial charge in [-0.25, -0.2) is 0 Å². The van der Waals surface area contributed by atoms with Crippen molar-refractivity contribution in [2.75, 3.05) is 31.6 Å². The summed E-state index contributed by atoms with van der Waals surface area (Å²) in [6.45, 7) is 5.14. The maximum Gasteiger partial charge on any atom is 0.121 e. The van der Waals surface area contributed by atoms with Gasteiger partial charge in [0, 0.05) is 31.7 Å². The summed E-state index contributed by atoms with van der Waals surface area (Å²) >= 11 is 6.22. The number of piperazine rings is 1. The quantitative estimate of drug-likeness (QED) is 0.857. The second-order valence-corrected chi connectivity index (χ2v) is 4.53. The minimum Gasteiger partial charge on any atom is -0.497 e. The lowest BCUT2D eigenvalue weighted by Gasteiger charge is -2.34. The summed E-state index contributed by atoms with van der Waals surface area (Å²) in [5, 5.41) is 4.20. The number of benzene rings is 1. The molecule has 1 saturated heterocycles. The molecule has 1 aliphatic heterocycles. The summed E-state index contributed by atoms with van der Waals surface area (Å²) in [5.74, 6) is 0.852. The monoisotopic (exact) mass is 240 g/mol. The summed E-state index contributed by atoms with van der Waals surface area (Å²) < 4.78 is 5.23. The van der Waals surface area contributed by atoms with Crippen LogP contribution in [0, 0.1) is 0 Å². The zero-order valence-corrected chi connectivity index (χ0v) is 10.4. The summed E-state index contributed by atoms with van der Waals surface area (Å²) in [6, 6.07) is 6.27. The van der Waals surface area contributed by atoms with Crippen molar-refractivity contribution in [3.63, 3.8) is 0 Å². The fourth-order valence-electron chi connectivity index (χ4n) is 2.01. The van der Waals surface area contributed by atoms with E-state index in [0.29, 0.717) is 6.04 Å². The Morgan fingerprint density at radius 3 is 3.00 bits per heavy atom. The molecule has 1 fully saturated rings. The van der Waals surface area contributed by atoms with Crippen molar-refractivity contribution in [1.29, 1.82) is 0 Å². The summed E-state index contributed by atoms with van der Waals surface area (Å²) in [5.41, 5.74) is 1.06. The SMILES string of the molecule is COc1ccc(Cl)c(N2CCN[C@H](C)C2)c1. The Morgan fingerprint density at radius 2 is 2.31 bits per heavy atom. The molecule has 0 bridgehead atoms. The molecule has 1 atom stereocenters. The van der Waals surface area contributed by atoms with Crippen LogP contribution in [0.15, 0.2) is 18.2 Å². The number of hydrogen-bond donors (Lipinski definition) is 1. The highest BCUT2D eigenvalue weighted by atomic mass is 35.5. The van der Waals surface area contributed by atoms with Crippen LogP contribution in [0.2, 0.25) is 5.02 Å². The molecule has 16 heavy (non-hydrogen) atoms. The van der Waals surface area contributed by atoms with Crippen LogP contribution in [0.4, 0.5) is 5.69 Å². The van der Waals surface area contributed by atoms with E-state index in [2.05, 4.69) is 17.1 Å². The highest BCUT2D eigenvalue weighted by Crippen LogP contribution is 2.30. The number of nitrogens with zero attached hydrogens (tertiary/aromatic N) is 1. The van der Waals surface area contributed by atoms with Gasteiger partial charge >= 0.3 is 0 Å². The Hall–Kier alpha value is -0.930.